The first-order chi connectivity index (χ1) is 9.35. The molecule has 0 unspecified atom stereocenters. The maximum Gasteiger partial charge on any atom is 0.234 e. The van der Waals surface area contributed by atoms with E-state index >= 15 is 0 Å². The summed E-state index contributed by atoms with van der Waals surface area (Å²) in [5.41, 5.74) is 7.48. The molecular formula is C14H14N4O. The Bertz CT molecular complexity index is 642. The molecule has 2 heterocycles. The van der Waals surface area contributed by atoms with Gasteiger partial charge in [-0.3, -0.25) is 4.40 Å². The highest BCUT2D eigenvalue weighted by Gasteiger charge is 2.02. The lowest BCUT2D eigenvalue weighted by Crippen LogP contribution is -1.98. The van der Waals surface area contributed by atoms with Crippen LogP contribution >= 0.6 is 0 Å². The number of aromatic nitrogens is 3. The molecule has 0 fully saturated rings. The topological polar surface area (TPSA) is 65.4 Å². The van der Waals surface area contributed by atoms with E-state index in [0.717, 1.165) is 17.0 Å². The molecular weight excluding hydrogens is 240 g/mol. The highest BCUT2D eigenvalue weighted by molar-refractivity contribution is 5.30. The van der Waals surface area contributed by atoms with Gasteiger partial charge in [0.15, 0.2) is 0 Å². The van der Waals surface area contributed by atoms with Crippen molar-refractivity contribution in [2.24, 2.45) is 5.73 Å². The zero-order chi connectivity index (χ0) is 13.1. The maximum atomic E-state index is 5.68. The predicted octanol–water partition coefficient (Wildman–Crippen LogP) is 1.77. The Morgan fingerprint density at radius 1 is 1.21 bits per heavy atom. The van der Waals surface area contributed by atoms with Crippen molar-refractivity contribution in [2.75, 3.05) is 0 Å². The Labute approximate surface area is 110 Å². The van der Waals surface area contributed by atoms with Gasteiger partial charge in [-0.2, -0.15) is 0 Å². The standard InChI is InChI=1S/C14H14N4O/c15-8-11-2-4-13(5-3-11)19-10-12-9-18-7-1-6-16-14(18)17-12/h1-7,9H,8,10,15H2. The molecule has 0 atom stereocenters. The normalized spacial score (nSPS) is 10.8. The van der Waals surface area contributed by atoms with Gasteiger partial charge >= 0.3 is 0 Å². The average molecular weight is 254 g/mol. The van der Waals surface area contributed by atoms with E-state index in [1.54, 1.807) is 6.20 Å². The maximum absolute atomic E-state index is 5.68. The molecule has 2 N–H and O–H groups in total. The van der Waals surface area contributed by atoms with Crippen molar-refractivity contribution in [3.05, 3.63) is 60.2 Å². The van der Waals surface area contributed by atoms with Crippen molar-refractivity contribution in [1.29, 1.82) is 0 Å². The van der Waals surface area contributed by atoms with Crippen LogP contribution < -0.4 is 10.5 Å². The lowest BCUT2D eigenvalue weighted by atomic mass is 10.2. The van der Waals surface area contributed by atoms with Gasteiger partial charge in [-0.25, -0.2) is 9.97 Å². The molecule has 0 bridgehead atoms. The molecule has 1 aromatic carbocycles. The summed E-state index contributed by atoms with van der Waals surface area (Å²) >= 11 is 0. The van der Waals surface area contributed by atoms with Gasteiger partial charge in [-0.1, -0.05) is 12.1 Å². The SMILES string of the molecule is NCc1ccc(OCc2cn3cccnc3n2)cc1. The van der Waals surface area contributed by atoms with Gasteiger partial charge in [-0.05, 0) is 23.8 Å². The van der Waals surface area contributed by atoms with Gasteiger partial charge in [0.05, 0.1) is 5.69 Å². The third-order valence-corrected chi connectivity index (χ3v) is 2.83. The van der Waals surface area contributed by atoms with E-state index < -0.39 is 0 Å². The van der Waals surface area contributed by atoms with Crippen LogP contribution in [0.4, 0.5) is 0 Å². The first-order valence-corrected chi connectivity index (χ1v) is 6.05. The van der Waals surface area contributed by atoms with Crippen molar-refractivity contribution in [3.8, 4) is 5.75 Å². The predicted molar refractivity (Wildman–Crippen MR) is 71.7 cm³/mol. The Morgan fingerprint density at radius 2 is 2.05 bits per heavy atom. The smallest absolute Gasteiger partial charge is 0.234 e. The van der Waals surface area contributed by atoms with Crippen LogP contribution in [0, 0.1) is 0 Å². The summed E-state index contributed by atoms with van der Waals surface area (Å²) in [6.07, 6.45) is 5.55. The van der Waals surface area contributed by atoms with Gasteiger partial charge in [0.25, 0.3) is 0 Å². The van der Waals surface area contributed by atoms with Crippen molar-refractivity contribution >= 4 is 5.78 Å². The minimum absolute atomic E-state index is 0.422. The van der Waals surface area contributed by atoms with E-state index in [1.165, 1.54) is 0 Å². The number of rotatable bonds is 4. The highest BCUT2D eigenvalue weighted by atomic mass is 16.5. The molecule has 5 nitrogen and oxygen atoms in total. The van der Waals surface area contributed by atoms with E-state index in [2.05, 4.69) is 9.97 Å². The first-order valence-electron chi connectivity index (χ1n) is 6.05. The van der Waals surface area contributed by atoms with E-state index in [9.17, 15) is 0 Å². The van der Waals surface area contributed by atoms with Gasteiger partial charge < -0.3 is 10.5 Å². The summed E-state index contributed by atoms with van der Waals surface area (Å²) in [5, 5.41) is 0. The monoisotopic (exact) mass is 254 g/mol. The lowest BCUT2D eigenvalue weighted by molar-refractivity contribution is 0.302. The summed E-state index contributed by atoms with van der Waals surface area (Å²) < 4.78 is 7.55. The van der Waals surface area contributed by atoms with E-state index in [4.69, 9.17) is 10.5 Å². The molecule has 0 radical (unpaired) electrons. The lowest BCUT2D eigenvalue weighted by Gasteiger charge is -2.04. The fourth-order valence-corrected chi connectivity index (χ4v) is 1.83. The zero-order valence-corrected chi connectivity index (χ0v) is 10.4. The van der Waals surface area contributed by atoms with Crippen molar-refractivity contribution < 1.29 is 4.74 Å². The second-order valence-electron chi connectivity index (χ2n) is 4.20. The molecule has 3 rings (SSSR count). The van der Waals surface area contributed by atoms with Crippen LogP contribution in [-0.2, 0) is 13.2 Å². The van der Waals surface area contributed by atoms with Crippen molar-refractivity contribution in [2.45, 2.75) is 13.2 Å². The van der Waals surface area contributed by atoms with Crippen molar-refractivity contribution in [1.82, 2.24) is 14.4 Å². The zero-order valence-electron chi connectivity index (χ0n) is 10.4. The summed E-state index contributed by atoms with van der Waals surface area (Å²) in [4.78, 5) is 8.53. The minimum Gasteiger partial charge on any atom is -0.487 e. The van der Waals surface area contributed by atoms with Gasteiger partial charge in [-0.15, -0.1) is 0 Å². The van der Waals surface area contributed by atoms with E-state index in [-0.39, 0.29) is 0 Å². The fraction of sp³-hybridized carbons (Fsp3) is 0.143. The molecule has 0 aliphatic rings. The van der Waals surface area contributed by atoms with Gasteiger partial charge in [0, 0.05) is 25.1 Å². The molecule has 3 aromatic rings. The Hall–Kier alpha value is -2.40. The summed E-state index contributed by atoms with van der Waals surface area (Å²) in [6, 6.07) is 9.61. The Balaban J connectivity index is 1.70. The molecule has 96 valence electrons. The summed E-state index contributed by atoms with van der Waals surface area (Å²) in [5.74, 6) is 1.49. The number of hydrogen-bond acceptors (Lipinski definition) is 4. The third-order valence-electron chi connectivity index (χ3n) is 2.83. The molecule has 0 aliphatic carbocycles. The number of imidazole rings is 1. The molecule has 5 heteroatoms. The van der Waals surface area contributed by atoms with E-state index in [0.29, 0.717) is 18.9 Å². The summed E-state index contributed by atoms with van der Waals surface area (Å²) in [7, 11) is 0. The quantitative estimate of drug-likeness (QED) is 0.770. The Kier molecular flexibility index (Phi) is 3.12. The fourth-order valence-electron chi connectivity index (χ4n) is 1.83. The number of ether oxygens (including phenoxy) is 1. The van der Waals surface area contributed by atoms with Crippen LogP contribution in [0.5, 0.6) is 5.75 Å². The average Bonchev–Trinajstić information content (AvgIpc) is 2.88. The number of benzene rings is 1. The molecule has 2 aromatic heterocycles. The number of nitrogens with two attached hydrogens (primary N) is 1. The molecule has 0 saturated heterocycles. The molecule has 19 heavy (non-hydrogen) atoms. The number of nitrogens with zero attached hydrogens (tertiary/aromatic N) is 3. The summed E-state index contributed by atoms with van der Waals surface area (Å²) in [6.45, 7) is 0.962. The second-order valence-corrected chi connectivity index (χ2v) is 4.20. The van der Waals surface area contributed by atoms with Crippen LogP contribution in [0.25, 0.3) is 5.78 Å². The number of hydrogen-bond donors (Lipinski definition) is 1. The van der Waals surface area contributed by atoms with E-state index in [1.807, 2.05) is 47.1 Å². The van der Waals surface area contributed by atoms with Crippen LogP contribution in [0.15, 0.2) is 48.9 Å². The minimum atomic E-state index is 0.422. The molecule has 0 amide bonds. The first kappa shape index (κ1) is 11.7. The highest BCUT2D eigenvalue weighted by Crippen LogP contribution is 2.13. The van der Waals surface area contributed by atoms with Crippen LogP contribution in [-0.4, -0.2) is 14.4 Å². The number of fused-ring (bicyclic) bond motifs is 1. The molecule has 0 aliphatic heterocycles. The molecule has 0 saturated carbocycles. The van der Waals surface area contributed by atoms with Crippen LogP contribution in [0.2, 0.25) is 0 Å². The van der Waals surface area contributed by atoms with Gasteiger partial charge in [0.1, 0.15) is 12.4 Å². The van der Waals surface area contributed by atoms with Crippen LogP contribution in [0.3, 0.4) is 0 Å². The Morgan fingerprint density at radius 3 is 2.79 bits per heavy atom. The third kappa shape index (κ3) is 2.56. The largest absolute Gasteiger partial charge is 0.487 e. The van der Waals surface area contributed by atoms with Gasteiger partial charge in [0.2, 0.25) is 5.78 Å². The van der Waals surface area contributed by atoms with Crippen molar-refractivity contribution in [3.63, 3.8) is 0 Å². The van der Waals surface area contributed by atoms with Crippen LogP contribution in [0.1, 0.15) is 11.3 Å². The second kappa shape index (κ2) is 5.07. The molecule has 0 spiro atoms.